The number of amides is 1. The largest absolute Gasteiger partial charge is 0.378 e. The smallest absolute Gasteiger partial charge is 0.275 e. The highest BCUT2D eigenvalue weighted by Gasteiger charge is 2.30. The third-order valence-electron chi connectivity index (χ3n) is 4.09. The molecule has 1 saturated carbocycles. The molecule has 1 aliphatic rings. The van der Waals surface area contributed by atoms with E-state index in [9.17, 15) is 4.79 Å². The van der Waals surface area contributed by atoms with Crippen molar-refractivity contribution in [3.8, 4) is 0 Å². The summed E-state index contributed by atoms with van der Waals surface area (Å²) in [5.74, 6) is 1.18. The van der Waals surface area contributed by atoms with Crippen LogP contribution in [-0.4, -0.2) is 34.8 Å². The van der Waals surface area contributed by atoms with Crippen molar-refractivity contribution in [3.05, 3.63) is 36.3 Å². The summed E-state index contributed by atoms with van der Waals surface area (Å²) in [6, 6.07) is 5.79. The molecule has 2 heterocycles. The van der Waals surface area contributed by atoms with Crippen molar-refractivity contribution in [1.82, 2.24) is 14.8 Å². The van der Waals surface area contributed by atoms with Gasteiger partial charge in [-0.25, -0.2) is 4.68 Å². The number of pyridine rings is 1. The molecule has 6 heteroatoms. The second kappa shape index (κ2) is 5.79. The molecule has 2 aromatic heterocycles. The van der Waals surface area contributed by atoms with Crippen molar-refractivity contribution in [2.45, 2.75) is 25.8 Å². The molecule has 0 saturated heterocycles. The highest BCUT2D eigenvalue weighted by molar-refractivity contribution is 6.02. The maximum Gasteiger partial charge on any atom is 0.275 e. The number of nitrogens with zero attached hydrogens (tertiary/aromatic N) is 4. The van der Waals surface area contributed by atoms with Crippen molar-refractivity contribution in [2.24, 2.45) is 5.92 Å². The summed E-state index contributed by atoms with van der Waals surface area (Å²) in [5.41, 5.74) is 1.35. The number of hydrogen-bond donors (Lipinski definition) is 1. The number of hydrogen-bond acceptors (Lipinski definition) is 4. The van der Waals surface area contributed by atoms with E-state index < -0.39 is 0 Å². The molecule has 1 N–H and O–H groups in total. The van der Waals surface area contributed by atoms with Gasteiger partial charge in [-0.2, -0.15) is 5.10 Å². The van der Waals surface area contributed by atoms with Crippen LogP contribution < -0.4 is 10.2 Å². The van der Waals surface area contributed by atoms with Gasteiger partial charge in [-0.1, -0.05) is 0 Å². The van der Waals surface area contributed by atoms with Crippen molar-refractivity contribution in [1.29, 1.82) is 0 Å². The monoisotopic (exact) mass is 299 g/mol. The molecule has 22 heavy (non-hydrogen) atoms. The molecule has 1 fully saturated rings. The number of carbonyl (C=O) groups excluding carboxylic acids is 1. The normalized spacial score (nSPS) is 15.4. The summed E-state index contributed by atoms with van der Waals surface area (Å²) in [5, 5.41) is 7.26. The Morgan fingerprint density at radius 3 is 2.82 bits per heavy atom. The van der Waals surface area contributed by atoms with Crippen LogP contribution in [-0.2, 0) is 0 Å². The van der Waals surface area contributed by atoms with Gasteiger partial charge in [-0.15, -0.1) is 0 Å². The first-order valence-corrected chi connectivity index (χ1v) is 7.54. The van der Waals surface area contributed by atoms with Crippen LogP contribution in [0.4, 0.5) is 11.5 Å². The summed E-state index contributed by atoms with van der Waals surface area (Å²) in [4.78, 5) is 18.5. The Kier molecular flexibility index (Phi) is 3.83. The zero-order valence-electron chi connectivity index (χ0n) is 13.2. The summed E-state index contributed by atoms with van der Waals surface area (Å²) < 4.78 is 1.89. The minimum atomic E-state index is -0.214. The maximum absolute atomic E-state index is 12.4. The van der Waals surface area contributed by atoms with Gasteiger partial charge in [-0.05, 0) is 37.8 Å². The van der Waals surface area contributed by atoms with Crippen LogP contribution in [0.2, 0.25) is 0 Å². The predicted molar refractivity (Wildman–Crippen MR) is 86.2 cm³/mol. The molecule has 0 bridgehead atoms. The van der Waals surface area contributed by atoms with E-state index in [1.165, 1.54) is 12.8 Å². The van der Waals surface area contributed by atoms with E-state index >= 15 is 0 Å². The van der Waals surface area contributed by atoms with Gasteiger partial charge in [0.15, 0.2) is 0 Å². The third kappa shape index (κ3) is 2.95. The lowest BCUT2D eigenvalue weighted by Gasteiger charge is -2.16. The average molecular weight is 299 g/mol. The van der Waals surface area contributed by atoms with Crippen molar-refractivity contribution < 1.29 is 4.79 Å². The van der Waals surface area contributed by atoms with Crippen LogP contribution in [0.15, 0.2) is 30.6 Å². The molecule has 116 valence electrons. The Bertz CT molecular complexity index is 675. The number of nitrogens with one attached hydrogen (secondary N) is 1. The van der Waals surface area contributed by atoms with Crippen LogP contribution in [0.25, 0.3) is 0 Å². The fraction of sp³-hybridized carbons (Fsp3) is 0.438. The number of rotatable bonds is 5. The van der Waals surface area contributed by atoms with Gasteiger partial charge >= 0.3 is 0 Å². The molecular weight excluding hydrogens is 278 g/mol. The van der Waals surface area contributed by atoms with Gasteiger partial charge in [0.2, 0.25) is 0 Å². The minimum Gasteiger partial charge on any atom is -0.378 e. The molecular formula is C16H21N5O. The van der Waals surface area contributed by atoms with Gasteiger partial charge < -0.3 is 10.2 Å². The van der Waals surface area contributed by atoms with Crippen LogP contribution in [0.5, 0.6) is 0 Å². The minimum absolute atomic E-state index is 0.214. The summed E-state index contributed by atoms with van der Waals surface area (Å²) >= 11 is 0. The van der Waals surface area contributed by atoms with Crippen LogP contribution in [0, 0.1) is 5.92 Å². The van der Waals surface area contributed by atoms with E-state index in [0.717, 1.165) is 11.5 Å². The Labute approximate surface area is 130 Å². The van der Waals surface area contributed by atoms with E-state index in [1.54, 1.807) is 18.5 Å². The van der Waals surface area contributed by atoms with Gasteiger partial charge in [0.05, 0.1) is 12.2 Å². The first-order valence-electron chi connectivity index (χ1n) is 7.54. The van der Waals surface area contributed by atoms with E-state index in [-0.39, 0.29) is 5.91 Å². The fourth-order valence-electron chi connectivity index (χ4n) is 2.52. The average Bonchev–Trinajstić information content (AvgIpc) is 3.27. The Morgan fingerprint density at radius 2 is 2.14 bits per heavy atom. The lowest BCUT2D eigenvalue weighted by Crippen LogP contribution is -2.20. The SMILES string of the molecule is CC(C1CC1)n1nccc1NC(=O)c1cc(N(C)C)ccn1. The van der Waals surface area contributed by atoms with Gasteiger partial charge in [0.25, 0.3) is 5.91 Å². The molecule has 1 atom stereocenters. The molecule has 0 radical (unpaired) electrons. The number of aromatic nitrogens is 3. The van der Waals surface area contributed by atoms with Gasteiger partial charge in [0, 0.05) is 32.0 Å². The summed E-state index contributed by atoms with van der Waals surface area (Å²) in [7, 11) is 3.87. The first-order chi connectivity index (χ1) is 10.6. The molecule has 0 aliphatic heterocycles. The second-order valence-corrected chi connectivity index (χ2v) is 5.99. The Balaban J connectivity index is 1.77. The van der Waals surface area contributed by atoms with Gasteiger partial charge in [-0.3, -0.25) is 9.78 Å². The lowest BCUT2D eigenvalue weighted by molar-refractivity contribution is 0.102. The maximum atomic E-state index is 12.4. The first kappa shape index (κ1) is 14.6. The van der Waals surface area contributed by atoms with Crippen molar-refractivity contribution in [2.75, 3.05) is 24.3 Å². The quantitative estimate of drug-likeness (QED) is 0.921. The molecule has 3 rings (SSSR count). The highest BCUT2D eigenvalue weighted by atomic mass is 16.2. The van der Waals surface area contributed by atoms with Crippen LogP contribution in [0.1, 0.15) is 36.3 Å². The van der Waals surface area contributed by atoms with Crippen molar-refractivity contribution >= 4 is 17.4 Å². The van der Waals surface area contributed by atoms with E-state index in [1.807, 2.05) is 35.8 Å². The summed E-state index contributed by atoms with van der Waals surface area (Å²) in [6.45, 7) is 2.14. The van der Waals surface area contributed by atoms with E-state index in [4.69, 9.17) is 0 Å². The Morgan fingerprint density at radius 1 is 1.36 bits per heavy atom. The standard InChI is InChI=1S/C16H21N5O/c1-11(12-4-5-12)21-15(7-9-18-21)19-16(22)14-10-13(20(2)3)6-8-17-14/h6-12H,4-5H2,1-3H3,(H,19,22). The highest BCUT2D eigenvalue weighted by Crippen LogP contribution is 2.40. The number of anilines is 2. The van der Waals surface area contributed by atoms with Gasteiger partial charge in [0.1, 0.15) is 11.5 Å². The fourth-order valence-corrected chi connectivity index (χ4v) is 2.52. The predicted octanol–water partition coefficient (Wildman–Crippen LogP) is 2.57. The van der Waals surface area contributed by atoms with Crippen molar-refractivity contribution in [3.63, 3.8) is 0 Å². The molecule has 0 aromatic carbocycles. The zero-order chi connectivity index (χ0) is 15.7. The zero-order valence-corrected chi connectivity index (χ0v) is 13.2. The topological polar surface area (TPSA) is 63.1 Å². The lowest BCUT2D eigenvalue weighted by atomic mass is 10.2. The Hall–Kier alpha value is -2.37. The van der Waals surface area contributed by atoms with Crippen LogP contribution in [0.3, 0.4) is 0 Å². The molecule has 1 unspecified atom stereocenters. The molecule has 0 spiro atoms. The van der Waals surface area contributed by atoms with Crippen LogP contribution >= 0.6 is 0 Å². The molecule has 1 aliphatic carbocycles. The third-order valence-corrected chi connectivity index (χ3v) is 4.09. The number of carbonyl (C=O) groups is 1. The molecule has 6 nitrogen and oxygen atoms in total. The van der Waals surface area contributed by atoms with E-state index in [2.05, 4.69) is 22.3 Å². The second-order valence-electron chi connectivity index (χ2n) is 5.99. The molecule has 2 aromatic rings. The molecule has 1 amide bonds. The summed E-state index contributed by atoms with van der Waals surface area (Å²) in [6.07, 6.45) is 5.84. The van der Waals surface area contributed by atoms with E-state index in [0.29, 0.717) is 17.7 Å².